The van der Waals surface area contributed by atoms with Crippen LogP contribution in [0.1, 0.15) is 32.3 Å². The van der Waals surface area contributed by atoms with E-state index in [1.54, 1.807) is 37.3 Å². The molecule has 3 aromatic rings. The molecule has 0 unspecified atom stereocenters. The van der Waals surface area contributed by atoms with Gasteiger partial charge in [-0.3, -0.25) is 24.0 Å². The molecule has 1 N–H and O–H groups in total. The van der Waals surface area contributed by atoms with Gasteiger partial charge in [-0.05, 0) is 42.7 Å². The van der Waals surface area contributed by atoms with Crippen LogP contribution in [-0.4, -0.2) is 49.2 Å². The van der Waals surface area contributed by atoms with Gasteiger partial charge in [0, 0.05) is 30.2 Å². The first-order valence-corrected chi connectivity index (χ1v) is 14.5. The number of non-ortho nitro benzene ring substituents is 1. The molecule has 0 radical (unpaired) electrons. The van der Waals surface area contributed by atoms with Crippen LogP contribution >= 0.6 is 11.6 Å². The molecule has 0 heterocycles. The van der Waals surface area contributed by atoms with Crippen LogP contribution in [0.4, 0.5) is 11.4 Å². The van der Waals surface area contributed by atoms with Crippen LogP contribution in [0.2, 0.25) is 5.02 Å². The number of hydrogen-bond acceptors (Lipinski definition) is 6. The molecular weight excluding hydrogens is 556 g/mol. The topological polar surface area (TPSA) is 130 Å². The van der Waals surface area contributed by atoms with Crippen molar-refractivity contribution < 1.29 is 22.9 Å². The number of rotatable bonds is 13. The molecule has 12 heteroatoms. The summed E-state index contributed by atoms with van der Waals surface area (Å²) >= 11 is 6.38. The third kappa shape index (κ3) is 7.36. The summed E-state index contributed by atoms with van der Waals surface area (Å²) in [7, 11) is -4.34. The highest BCUT2D eigenvalue weighted by atomic mass is 35.5. The highest BCUT2D eigenvalue weighted by Gasteiger charge is 2.34. The maximum atomic E-state index is 14.0. The zero-order valence-corrected chi connectivity index (χ0v) is 23.8. The predicted octanol–water partition coefficient (Wildman–Crippen LogP) is 4.78. The van der Waals surface area contributed by atoms with Crippen molar-refractivity contribution in [3.05, 3.63) is 99.6 Å². The maximum absolute atomic E-state index is 14.0. The van der Waals surface area contributed by atoms with Gasteiger partial charge >= 0.3 is 0 Å². The van der Waals surface area contributed by atoms with Crippen LogP contribution in [0.25, 0.3) is 0 Å². The van der Waals surface area contributed by atoms with E-state index in [1.807, 2.05) is 6.92 Å². The lowest BCUT2D eigenvalue weighted by molar-refractivity contribution is -0.384. The molecule has 0 fully saturated rings. The van der Waals surface area contributed by atoms with Crippen LogP contribution < -0.4 is 9.62 Å². The minimum atomic E-state index is -4.34. The largest absolute Gasteiger partial charge is 0.354 e. The lowest BCUT2D eigenvalue weighted by Gasteiger charge is -2.33. The van der Waals surface area contributed by atoms with Crippen molar-refractivity contribution in [3.63, 3.8) is 0 Å². The Hall–Kier alpha value is -3.96. The fraction of sp³-hybridized carbons (Fsp3) is 0.286. The number of halogens is 1. The first-order valence-electron chi connectivity index (χ1n) is 12.7. The number of carbonyl (C=O) groups is 2. The molecule has 0 spiro atoms. The van der Waals surface area contributed by atoms with Crippen molar-refractivity contribution in [1.82, 2.24) is 10.2 Å². The van der Waals surface area contributed by atoms with E-state index in [0.717, 1.165) is 10.4 Å². The van der Waals surface area contributed by atoms with Crippen LogP contribution in [-0.2, 0) is 26.2 Å². The van der Waals surface area contributed by atoms with Crippen LogP contribution in [0.15, 0.2) is 83.8 Å². The Bertz CT molecular complexity index is 1450. The Balaban J connectivity index is 2.09. The lowest BCUT2D eigenvalue weighted by atomic mass is 10.1. The van der Waals surface area contributed by atoms with E-state index in [-0.39, 0.29) is 35.1 Å². The molecule has 10 nitrogen and oxygen atoms in total. The average molecular weight is 587 g/mol. The summed E-state index contributed by atoms with van der Waals surface area (Å²) in [5.41, 5.74) is 0.177. The molecule has 1 atom stereocenters. The van der Waals surface area contributed by atoms with Gasteiger partial charge in [-0.1, -0.05) is 67.9 Å². The van der Waals surface area contributed by atoms with Crippen LogP contribution in [0, 0.1) is 10.1 Å². The number of carbonyl (C=O) groups excluding carboxylic acids is 2. The van der Waals surface area contributed by atoms with E-state index in [2.05, 4.69) is 5.32 Å². The molecule has 0 bridgehead atoms. The molecule has 0 aliphatic carbocycles. The van der Waals surface area contributed by atoms with E-state index in [4.69, 9.17) is 11.6 Å². The minimum absolute atomic E-state index is 0.0509. The van der Waals surface area contributed by atoms with Gasteiger partial charge in [0.05, 0.1) is 15.5 Å². The summed E-state index contributed by atoms with van der Waals surface area (Å²) in [6.07, 6.45) is 0.949. The highest BCUT2D eigenvalue weighted by molar-refractivity contribution is 7.92. The van der Waals surface area contributed by atoms with E-state index >= 15 is 0 Å². The van der Waals surface area contributed by atoms with Crippen molar-refractivity contribution in [2.75, 3.05) is 17.4 Å². The normalized spacial score (nSPS) is 11.9. The molecule has 0 aliphatic heterocycles. The lowest BCUT2D eigenvalue weighted by Crippen LogP contribution is -2.52. The van der Waals surface area contributed by atoms with Gasteiger partial charge in [0.2, 0.25) is 11.8 Å². The van der Waals surface area contributed by atoms with Crippen LogP contribution in [0.5, 0.6) is 0 Å². The monoisotopic (exact) mass is 586 g/mol. The van der Waals surface area contributed by atoms with E-state index < -0.39 is 33.4 Å². The van der Waals surface area contributed by atoms with Gasteiger partial charge in [0.25, 0.3) is 15.7 Å². The molecular formula is C28H31ClN4O6S. The second-order valence-electron chi connectivity index (χ2n) is 8.93. The predicted molar refractivity (Wildman–Crippen MR) is 153 cm³/mol. The number of sulfonamides is 1. The summed E-state index contributed by atoms with van der Waals surface area (Å²) in [5, 5.41) is 14.6. The number of nitrogens with one attached hydrogen (secondary N) is 1. The highest BCUT2D eigenvalue weighted by Crippen LogP contribution is 2.28. The minimum Gasteiger partial charge on any atom is -0.354 e. The SMILES string of the molecule is CCCNC(=O)[C@@H](CC)N(Cc1ccccc1Cl)C(=O)CN(c1cccc([N+](=O)[O-])c1)S(=O)(=O)c1ccccc1. The number of nitro benzene ring substituents is 1. The van der Waals surface area contributed by atoms with Gasteiger partial charge in [0.15, 0.2) is 0 Å². The Labute approximate surface area is 238 Å². The average Bonchev–Trinajstić information content (AvgIpc) is 2.95. The number of nitro groups is 1. The van der Waals surface area contributed by atoms with Crippen molar-refractivity contribution >= 4 is 44.8 Å². The fourth-order valence-electron chi connectivity index (χ4n) is 4.11. The van der Waals surface area contributed by atoms with Gasteiger partial charge in [-0.2, -0.15) is 0 Å². The second kappa shape index (κ2) is 13.9. The van der Waals surface area contributed by atoms with Gasteiger partial charge < -0.3 is 10.2 Å². The Morgan fingerprint density at radius 3 is 2.30 bits per heavy atom. The fourth-order valence-corrected chi connectivity index (χ4v) is 5.73. The van der Waals surface area contributed by atoms with Crippen molar-refractivity contribution in [2.45, 2.75) is 44.2 Å². The first-order chi connectivity index (χ1) is 19.1. The van der Waals surface area contributed by atoms with Crippen molar-refractivity contribution in [3.8, 4) is 0 Å². The van der Waals surface area contributed by atoms with Crippen LogP contribution in [0.3, 0.4) is 0 Å². The summed E-state index contributed by atoms with van der Waals surface area (Å²) in [6, 6.07) is 18.5. The Morgan fingerprint density at radius 1 is 1.00 bits per heavy atom. The standard InChI is InChI=1S/C28H31ClN4O6S/c1-3-17-30-28(35)26(4-2)31(19-21-11-8-9-16-25(21)29)27(34)20-32(22-12-10-13-23(18-22)33(36)37)40(38,39)24-14-6-5-7-15-24/h5-16,18,26H,3-4,17,19-20H2,1-2H3,(H,30,35)/t26-/m1/s1. The number of benzene rings is 3. The van der Waals surface area contributed by atoms with E-state index in [1.165, 1.54) is 47.4 Å². The van der Waals surface area contributed by atoms with Gasteiger partial charge in [-0.25, -0.2) is 8.42 Å². The second-order valence-corrected chi connectivity index (χ2v) is 11.2. The number of amides is 2. The number of nitrogens with zero attached hydrogens (tertiary/aromatic N) is 3. The molecule has 2 amide bonds. The number of hydrogen-bond donors (Lipinski definition) is 1. The summed E-state index contributed by atoms with van der Waals surface area (Å²) in [6.45, 7) is 3.30. The van der Waals surface area contributed by atoms with Gasteiger partial charge in [0.1, 0.15) is 12.6 Å². The third-order valence-electron chi connectivity index (χ3n) is 6.17. The summed E-state index contributed by atoms with van der Waals surface area (Å²) < 4.78 is 28.4. The third-order valence-corrected chi connectivity index (χ3v) is 8.33. The first kappa shape index (κ1) is 30.6. The molecule has 3 rings (SSSR count). The maximum Gasteiger partial charge on any atom is 0.271 e. The Kier molecular flexibility index (Phi) is 10.6. The quantitative estimate of drug-likeness (QED) is 0.227. The van der Waals surface area contributed by atoms with Crippen molar-refractivity contribution in [2.24, 2.45) is 0 Å². The summed E-state index contributed by atoms with van der Waals surface area (Å²) in [5.74, 6) is -1.05. The van der Waals surface area contributed by atoms with E-state index in [9.17, 15) is 28.1 Å². The smallest absolute Gasteiger partial charge is 0.271 e. The molecule has 0 aliphatic rings. The zero-order valence-electron chi connectivity index (χ0n) is 22.2. The number of anilines is 1. The molecule has 40 heavy (non-hydrogen) atoms. The Morgan fingerprint density at radius 2 is 1.68 bits per heavy atom. The van der Waals surface area contributed by atoms with Gasteiger partial charge in [-0.15, -0.1) is 0 Å². The molecule has 3 aromatic carbocycles. The summed E-state index contributed by atoms with van der Waals surface area (Å²) in [4.78, 5) is 39.1. The zero-order chi connectivity index (χ0) is 29.3. The molecule has 0 saturated carbocycles. The van der Waals surface area contributed by atoms with Crippen molar-refractivity contribution in [1.29, 1.82) is 0 Å². The molecule has 212 valence electrons. The molecule has 0 saturated heterocycles. The van der Waals surface area contributed by atoms with E-state index in [0.29, 0.717) is 23.6 Å². The molecule has 0 aromatic heterocycles.